The van der Waals surface area contributed by atoms with Gasteiger partial charge in [0.1, 0.15) is 6.07 Å². The van der Waals surface area contributed by atoms with Gasteiger partial charge in [-0.2, -0.15) is 5.26 Å². The van der Waals surface area contributed by atoms with Crippen LogP contribution >= 0.6 is 23.2 Å². The van der Waals surface area contributed by atoms with Gasteiger partial charge in [-0.25, -0.2) is 4.98 Å². The van der Waals surface area contributed by atoms with E-state index in [1.165, 1.54) is 0 Å². The van der Waals surface area contributed by atoms with Crippen molar-refractivity contribution in [1.82, 2.24) is 9.55 Å². The number of imidazole rings is 1. The first kappa shape index (κ1) is 18.3. The van der Waals surface area contributed by atoms with Crippen LogP contribution in [0.2, 0.25) is 10.0 Å². The second-order valence-corrected chi connectivity index (χ2v) is 6.63. The molecule has 0 saturated carbocycles. The molecule has 0 N–H and O–H groups in total. The van der Waals surface area contributed by atoms with Gasteiger partial charge in [-0.1, -0.05) is 42.3 Å². The number of nitrogens with zero attached hydrogens (tertiary/aromatic N) is 3. The largest absolute Gasteiger partial charge is 0.490 e. The number of hydrogen-bond acceptors (Lipinski definition) is 3. The van der Waals surface area contributed by atoms with E-state index in [0.29, 0.717) is 39.4 Å². The van der Waals surface area contributed by atoms with Crippen LogP contribution in [0.1, 0.15) is 24.7 Å². The summed E-state index contributed by atoms with van der Waals surface area (Å²) in [5.74, 6) is 1.06. The zero-order chi connectivity index (χ0) is 18.7. The fraction of sp³-hybridized carbons (Fsp3) is 0.200. The summed E-state index contributed by atoms with van der Waals surface area (Å²) in [7, 11) is 1.89. The lowest BCUT2D eigenvalue weighted by Gasteiger charge is -2.10. The summed E-state index contributed by atoms with van der Waals surface area (Å²) >= 11 is 12.6. The van der Waals surface area contributed by atoms with E-state index in [-0.39, 0.29) is 0 Å². The maximum absolute atomic E-state index is 9.64. The third-order valence-corrected chi connectivity index (χ3v) is 4.49. The molecule has 0 aliphatic heterocycles. The standard InChI is InChI=1S/C20H17Cl2N3O/c1-3-8-26-19-15(21)10-13(11-16(19)22)9-14(12-23)20-24-17-6-4-5-7-18(17)25(20)2/h4-7,9-11H,3,8H2,1-2H3/b14-9-. The molecular formula is C20H17Cl2N3O. The highest BCUT2D eigenvalue weighted by atomic mass is 35.5. The summed E-state index contributed by atoms with van der Waals surface area (Å²) in [4.78, 5) is 4.56. The van der Waals surface area contributed by atoms with Crippen LogP contribution < -0.4 is 4.74 Å². The van der Waals surface area contributed by atoms with Gasteiger partial charge in [0.25, 0.3) is 0 Å². The number of aromatic nitrogens is 2. The summed E-state index contributed by atoms with van der Waals surface area (Å²) in [6, 6.07) is 13.4. The lowest BCUT2D eigenvalue weighted by atomic mass is 10.1. The van der Waals surface area contributed by atoms with Crippen LogP contribution in [0.4, 0.5) is 0 Å². The van der Waals surface area contributed by atoms with E-state index >= 15 is 0 Å². The zero-order valence-electron chi connectivity index (χ0n) is 14.5. The van der Waals surface area contributed by atoms with E-state index in [9.17, 15) is 5.26 Å². The van der Waals surface area contributed by atoms with Crippen molar-refractivity contribution in [3.8, 4) is 11.8 Å². The van der Waals surface area contributed by atoms with Crippen LogP contribution in [0.25, 0.3) is 22.7 Å². The smallest absolute Gasteiger partial charge is 0.156 e. The Bertz CT molecular complexity index is 1010. The molecule has 3 aromatic rings. The summed E-state index contributed by atoms with van der Waals surface area (Å²) in [5.41, 5.74) is 2.94. The molecule has 4 nitrogen and oxygen atoms in total. The first-order valence-electron chi connectivity index (χ1n) is 8.20. The van der Waals surface area contributed by atoms with Crippen molar-refractivity contribution in [1.29, 1.82) is 5.26 Å². The minimum Gasteiger partial charge on any atom is -0.490 e. The Hall–Kier alpha value is -2.48. The van der Waals surface area contributed by atoms with Gasteiger partial charge in [0.05, 0.1) is 33.3 Å². The van der Waals surface area contributed by atoms with Crippen molar-refractivity contribution >= 4 is 45.9 Å². The molecule has 0 amide bonds. The molecule has 0 aliphatic carbocycles. The van der Waals surface area contributed by atoms with Gasteiger partial charge in [0.2, 0.25) is 0 Å². The Morgan fingerprint density at radius 1 is 1.27 bits per heavy atom. The molecule has 0 fully saturated rings. The molecule has 1 aromatic heterocycles. The Morgan fingerprint density at radius 3 is 2.58 bits per heavy atom. The van der Waals surface area contributed by atoms with Gasteiger partial charge in [0.15, 0.2) is 11.6 Å². The molecule has 2 aromatic carbocycles. The van der Waals surface area contributed by atoms with Gasteiger partial charge in [-0.3, -0.25) is 0 Å². The minimum atomic E-state index is 0.416. The predicted molar refractivity (Wildman–Crippen MR) is 106 cm³/mol. The van der Waals surface area contributed by atoms with Crippen molar-refractivity contribution in [3.05, 3.63) is 57.8 Å². The normalized spacial score (nSPS) is 11.6. The Balaban J connectivity index is 2.04. The topological polar surface area (TPSA) is 50.8 Å². The first-order valence-corrected chi connectivity index (χ1v) is 8.96. The lowest BCUT2D eigenvalue weighted by molar-refractivity contribution is 0.318. The zero-order valence-corrected chi connectivity index (χ0v) is 16.0. The van der Waals surface area contributed by atoms with Crippen LogP contribution in [-0.4, -0.2) is 16.2 Å². The number of nitriles is 1. The number of aryl methyl sites for hydroxylation is 1. The Labute approximate surface area is 162 Å². The molecule has 0 unspecified atom stereocenters. The average molecular weight is 386 g/mol. The average Bonchev–Trinajstić information content (AvgIpc) is 2.96. The summed E-state index contributed by atoms with van der Waals surface area (Å²) in [6.07, 6.45) is 2.59. The Morgan fingerprint density at radius 2 is 1.96 bits per heavy atom. The van der Waals surface area contributed by atoms with Gasteiger partial charge >= 0.3 is 0 Å². The maximum atomic E-state index is 9.64. The van der Waals surface area contributed by atoms with Crippen LogP contribution in [0.3, 0.4) is 0 Å². The maximum Gasteiger partial charge on any atom is 0.156 e. The molecule has 0 spiro atoms. The van der Waals surface area contributed by atoms with E-state index in [4.69, 9.17) is 27.9 Å². The van der Waals surface area contributed by atoms with Crippen molar-refractivity contribution in [2.75, 3.05) is 6.61 Å². The number of ether oxygens (including phenoxy) is 1. The van der Waals surface area contributed by atoms with Crippen LogP contribution in [0.5, 0.6) is 5.75 Å². The molecule has 0 bridgehead atoms. The number of halogens is 2. The van der Waals surface area contributed by atoms with Crippen LogP contribution in [0.15, 0.2) is 36.4 Å². The van der Waals surface area contributed by atoms with Gasteiger partial charge < -0.3 is 9.30 Å². The lowest BCUT2D eigenvalue weighted by Crippen LogP contribution is -1.97. The Kier molecular flexibility index (Phi) is 5.51. The summed E-state index contributed by atoms with van der Waals surface area (Å²) in [5, 5.41) is 10.5. The van der Waals surface area contributed by atoms with Gasteiger partial charge in [-0.05, 0) is 42.3 Å². The van der Waals surface area contributed by atoms with Crippen LogP contribution in [0, 0.1) is 11.3 Å². The van der Waals surface area contributed by atoms with E-state index in [1.807, 2.05) is 42.8 Å². The molecule has 6 heteroatoms. The van der Waals surface area contributed by atoms with Crippen LogP contribution in [-0.2, 0) is 7.05 Å². The first-order chi connectivity index (χ1) is 12.5. The van der Waals surface area contributed by atoms with Crippen molar-refractivity contribution in [2.45, 2.75) is 13.3 Å². The van der Waals surface area contributed by atoms with Gasteiger partial charge in [0, 0.05) is 7.05 Å². The second kappa shape index (κ2) is 7.82. The quantitative estimate of drug-likeness (QED) is 0.526. The molecule has 3 rings (SSSR count). The third-order valence-electron chi connectivity index (χ3n) is 3.93. The fourth-order valence-electron chi connectivity index (χ4n) is 2.70. The highest BCUT2D eigenvalue weighted by Gasteiger charge is 2.14. The second-order valence-electron chi connectivity index (χ2n) is 5.82. The minimum absolute atomic E-state index is 0.416. The van der Waals surface area contributed by atoms with E-state index in [1.54, 1.807) is 18.2 Å². The molecule has 0 atom stereocenters. The third kappa shape index (κ3) is 3.55. The number of benzene rings is 2. The van der Waals surface area contributed by atoms with Gasteiger partial charge in [-0.15, -0.1) is 0 Å². The predicted octanol–water partition coefficient (Wildman–Crippen LogP) is 5.73. The van der Waals surface area contributed by atoms with E-state index in [0.717, 1.165) is 17.5 Å². The molecule has 132 valence electrons. The van der Waals surface area contributed by atoms with E-state index < -0.39 is 0 Å². The molecular weight excluding hydrogens is 369 g/mol. The number of hydrogen-bond donors (Lipinski definition) is 0. The highest BCUT2D eigenvalue weighted by Crippen LogP contribution is 2.35. The molecule has 0 radical (unpaired) electrons. The molecule has 0 saturated heterocycles. The van der Waals surface area contributed by atoms with E-state index in [2.05, 4.69) is 11.1 Å². The van der Waals surface area contributed by atoms with Crippen molar-refractivity contribution in [3.63, 3.8) is 0 Å². The number of para-hydroxylation sites is 2. The fourth-order valence-corrected chi connectivity index (χ4v) is 3.32. The molecule has 26 heavy (non-hydrogen) atoms. The molecule has 0 aliphatic rings. The monoisotopic (exact) mass is 385 g/mol. The number of rotatable bonds is 5. The summed E-state index contributed by atoms with van der Waals surface area (Å²) < 4.78 is 7.48. The van der Waals surface area contributed by atoms with Crippen molar-refractivity contribution in [2.24, 2.45) is 7.05 Å². The SMILES string of the molecule is CCCOc1c(Cl)cc(/C=C(/C#N)c2nc3ccccc3n2C)cc1Cl. The summed E-state index contributed by atoms with van der Waals surface area (Å²) in [6.45, 7) is 2.55. The number of allylic oxidation sites excluding steroid dienone is 1. The highest BCUT2D eigenvalue weighted by molar-refractivity contribution is 6.37. The number of fused-ring (bicyclic) bond motifs is 1. The van der Waals surface area contributed by atoms with Crippen molar-refractivity contribution < 1.29 is 4.74 Å². The molecule has 1 heterocycles.